The van der Waals surface area contributed by atoms with Crippen LogP contribution in [-0.4, -0.2) is 30.5 Å². The number of rotatable bonds is 3. The summed E-state index contributed by atoms with van der Waals surface area (Å²) < 4.78 is 4.49. The van der Waals surface area contributed by atoms with Gasteiger partial charge in [-0.15, -0.1) is 5.10 Å². The van der Waals surface area contributed by atoms with Crippen molar-refractivity contribution in [3.63, 3.8) is 0 Å². The van der Waals surface area contributed by atoms with Gasteiger partial charge in [-0.3, -0.25) is 9.48 Å². The smallest absolute Gasteiger partial charge is 0.230 e. The number of halogens is 1. The molecular weight excluding hydrogens is 408 g/mol. The minimum Gasteiger partial charge on any atom is -0.322 e. The van der Waals surface area contributed by atoms with Crippen LogP contribution in [-0.2, 0) is 17.4 Å². The normalized spacial score (nSPS) is 34.2. The Labute approximate surface area is 167 Å². The molecule has 0 radical (unpaired) electrons. The number of anilines is 1. The summed E-state index contributed by atoms with van der Waals surface area (Å²) >= 11 is 3.38. The van der Waals surface area contributed by atoms with Crippen molar-refractivity contribution in [2.75, 3.05) is 5.32 Å². The maximum absolute atomic E-state index is 13.6. The van der Waals surface area contributed by atoms with Crippen molar-refractivity contribution < 1.29 is 4.79 Å². The van der Waals surface area contributed by atoms with Gasteiger partial charge in [-0.05, 0) is 80.1 Å². The van der Waals surface area contributed by atoms with Gasteiger partial charge in [0, 0.05) is 7.05 Å². The highest BCUT2D eigenvalue weighted by Crippen LogP contribution is 2.64. The van der Waals surface area contributed by atoms with Crippen LogP contribution in [0.3, 0.4) is 0 Å². The first-order valence-electron chi connectivity index (χ1n) is 9.70. The average Bonchev–Trinajstić information content (AvgIpc) is 3.13. The van der Waals surface area contributed by atoms with Crippen LogP contribution in [0, 0.1) is 31.1 Å². The lowest BCUT2D eigenvalue weighted by Gasteiger charge is -2.60. The summed E-state index contributed by atoms with van der Waals surface area (Å²) in [5.41, 5.74) is 2.37. The molecule has 8 heteroatoms. The van der Waals surface area contributed by atoms with Crippen LogP contribution >= 0.6 is 15.9 Å². The van der Waals surface area contributed by atoms with Crippen molar-refractivity contribution in [3.8, 4) is 0 Å². The van der Waals surface area contributed by atoms with Crippen LogP contribution in [0.5, 0.6) is 0 Å². The number of amides is 1. The molecule has 4 aliphatic carbocycles. The zero-order valence-electron chi connectivity index (χ0n) is 16.0. The first-order chi connectivity index (χ1) is 12.8. The Morgan fingerprint density at radius 3 is 2.48 bits per heavy atom. The Morgan fingerprint density at radius 2 is 1.93 bits per heavy atom. The minimum absolute atomic E-state index is 0.0700. The Bertz CT molecular complexity index is 917. The highest BCUT2D eigenvalue weighted by molar-refractivity contribution is 9.10. The van der Waals surface area contributed by atoms with Crippen LogP contribution in [0.4, 0.5) is 5.69 Å². The molecule has 0 spiro atoms. The number of hydrogen-bond donors (Lipinski definition) is 1. The van der Waals surface area contributed by atoms with E-state index in [1.165, 1.54) is 6.42 Å². The van der Waals surface area contributed by atoms with Crippen LogP contribution in [0.1, 0.15) is 49.9 Å². The van der Waals surface area contributed by atoms with Crippen molar-refractivity contribution in [2.24, 2.45) is 24.3 Å². The monoisotopic (exact) mass is 432 g/mol. The van der Waals surface area contributed by atoms with Crippen molar-refractivity contribution in [3.05, 3.63) is 22.4 Å². The Balaban J connectivity index is 1.49. The second-order valence-electron chi connectivity index (χ2n) is 9.05. The van der Waals surface area contributed by atoms with Gasteiger partial charge in [0.2, 0.25) is 10.6 Å². The lowest BCUT2D eigenvalue weighted by atomic mass is 9.46. The summed E-state index contributed by atoms with van der Waals surface area (Å²) in [6, 6.07) is 0. The predicted molar refractivity (Wildman–Crippen MR) is 104 cm³/mol. The molecule has 4 fully saturated rings. The van der Waals surface area contributed by atoms with Gasteiger partial charge in [0.05, 0.1) is 28.0 Å². The van der Waals surface area contributed by atoms with Crippen LogP contribution in [0.15, 0.2) is 11.1 Å². The first-order valence-corrected chi connectivity index (χ1v) is 10.5. The van der Waals surface area contributed by atoms with Crippen LogP contribution in [0.25, 0.3) is 0 Å². The molecule has 4 aliphatic rings. The highest BCUT2D eigenvalue weighted by Gasteiger charge is 2.61. The quantitative estimate of drug-likeness (QED) is 0.806. The molecule has 0 aliphatic heterocycles. The molecular formula is C19H25BrN6O. The maximum atomic E-state index is 13.6. The third kappa shape index (κ3) is 2.52. The molecule has 6 rings (SSSR count). The molecule has 0 saturated heterocycles. The van der Waals surface area contributed by atoms with Gasteiger partial charge in [0.25, 0.3) is 0 Å². The molecule has 4 bridgehead atoms. The summed E-state index contributed by atoms with van der Waals surface area (Å²) in [6.45, 7) is 3.96. The number of nitrogens with zero attached hydrogens (tertiary/aromatic N) is 5. The number of nitrogens with one attached hydrogen (secondary N) is 1. The molecule has 7 nitrogen and oxygen atoms in total. The summed E-state index contributed by atoms with van der Waals surface area (Å²) in [7, 11) is 1.92. The van der Waals surface area contributed by atoms with E-state index in [-0.39, 0.29) is 16.9 Å². The Kier molecular flexibility index (Phi) is 3.64. The van der Waals surface area contributed by atoms with Gasteiger partial charge >= 0.3 is 0 Å². The molecule has 1 amide bonds. The zero-order valence-corrected chi connectivity index (χ0v) is 17.6. The van der Waals surface area contributed by atoms with E-state index >= 15 is 0 Å². The fourth-order valence-electron chi connectivity index (χ4n) is 6.42. The second-order valence-corrected chi connectivity index (χ2v) is 9.76. The molecule has 2 heterocycles. The molecule has 144 valence electrons. The first kappa shape index (κ1) is 17.4. The molecule has 0 aromatic carbocycles. The van der Waals surface area contributed by atoms with Crippen molar-refractivity contribution in [2.45, 2.75) is 57.9 Å². The van der Waals surface area contributed by atoms with E-state index in [9.17, 15) is 4.79 Å². The number of hydrogen-bond acceptors (Lipinski definition) is 4. The summed E-state index contributed by atoms with van der Waals surface area (Å²) in [4.78, 5) is 17.8. The van der Waals surface area contributed by atoms with E-state index in [2.05, 4.69) is 36.4 Å². The third-order valence-electron chi connectivity index (χ3n) is 7.21. The lowest BCUT2D eigenvalue weighted by Crippen LogP contribution is -2.60. The fourth-order valence-corrected chi connectivity index (χ4v) is 6.68. The minimum atomic E-state index is -0.308. The van der Waals surface area contributed by atoms with Crippen molar-refractivity contribution >= 4 is 27.5 Å². The number of carbonyl (C=O) groups excluding carboxylic acids is 1. The molecule has 4 saturated carbocycles. The van der Waals surface area contributed by atoms with Gasteiger partial charge in [-0.1, -0.05) is 0 Å². The number of carbonyl (C=O) groups is 1. The second kappa shape index (κ2) is 5.65. The highest BCUT2D eigenvalue weighted by atomic mass is 79.9. The van der Waals surface area contributed by atoms with E-state index in [0.717, 1.165) is 49.2 Å². The summed E-state index contributed by atoms with van der Waals surface area (Å²) in [6.07, 6.45) is 8.14. The lowest BCUT2D eigenvalue weighted by molar-refractivity contribution is -0.150. The summed E-state index contributed by atoms with van der Waals surface area (Å²) in [5.74, 6) is 1.35. The molecule has 1 N–H and O–H groups in total. The van der Waals surface area contributed by atoms with Crippen molar-refractivity contribution in [1.29, 1.82) is 0 Å². The molecule has 2 unspecified atom stereocenters. The largest absolute Gasteiger partial charge is 0.322 e. The maximum Gasteiger partial charge on any atom is 0.230 e. The summed E-state index contributed by atoms with van der Waals surface area (Å²) in [5, 5.41) is 12.3. The van der Waals surface area contributed by atoms with E-state index in [1.807, 2.05) is 36.6 Å². The van der Waals surface area contributed by atoms with Gasteiger partial charge in [-0.2, -0.15) is 5.10 Å². The molecule has 2 atom stereocenters. The van der Waals surface area contributed by atoms with Gasteiger partial charge in [0.15, 0.2) is 0 Å². The number of aromatic nitrogens is 5. The van der Waals surface area contributed by atoms with Gasteiger partial charge < -0.3 is 5.32 Å². The Hall–Kier alpha value is -1.70. The molecule has 2 aromatic heterocycles. The third-order valence-corrected chi connectivity index (χ3v) is 7.57. The average molecular weight is 433 g/mol. The van der Waals surface area contributed by atoms with Gasteiger partial charge in [-0.25, -0.2) is 9.67 Å². The Morgan fingerprint density at radius 1 is 1.22 bits per heavy atom. The van der Waals surface area contributed by atoms with E-state index in [1.54, 1.807) is 0 Å². The molecule has 2 aromatic rings. The fraction of sp³-hybridized carbons (Fsp3) is 0.684. The predicted octanol–water partition coefficient (Wildman–Crippen LogP) is 3.33. The molecule has 27 heavy (non-hydrogen) atoms. The SMILES string of the molecule is Cc1nn(C)c(C)c1NC(=O)C12CC3CC(C1)CC(n1cnc(Br)n1)(C3)C2. The topological polar surface area (TPSA) is 77.6 Å². The van der Waals surface area contributed by atoms with Crippen molar-refractivity contribution in [1.82, 2.24) is 24.5 Å². The van der Waals surface area contributed by atoms with Gasteiger partial charge in [0.1, 0.15) is 6.33 Å². The standard InChI is InChI=1S/C19H25BrN6O/c1-11-15(12(2)25(3)23-11)22-16(27)18-5-13-4-14(6-18)8-19(7-13,9-18)26-10-21-17(20)24-26/h10,13-14H,4-9H2,1-3H3,(H,22,27). The number of aryl methyl sites for hydroxylation is 2. The zero-order chi connectivity index (χ0) is 19.0. The van der Waals surface area contributed by atoms with E-state index < -0.39 is 0 Å². The van der Waals surface area contributed by atoms with E-state index in [4.69, 9.17) is 0 Å². The van der Waals surface area contributed by atoms with Crippen LogP contribution in [0.2, 0.25) is 0 Å². The van der Waals surface area contributed by atoms with E-state index in [0.29, 0.717) is 16.6 Å². The van der Waals surface area contributed by atoms with Crippen LogP contribution < -0.4 is 5.32 Å².